The van der Waals surface area contributed by atoms with Crippen molar-refractivity contribution in [1.29, 1.82) is 0 Å². The Kier molecular flexibility index (Phi) is 4.20. The van der Waals surface area contributed by atoms with Crippen molar-refractivity contribution in [3.8, 4) is 5.75 Å². The average molecular weight is 312 g/mol. The average Bonchev–Trinajstić information content (AvgIpc) is 2.76. The summed E-state index contributed by atoms with van der Waals surface area (Å²) < 4.78 is 6.58. The highest BCUT2D eigenvalue weighted by molar-refractivity contribution is 9.11. The first-order valence-corrected chi connectivity index (χ1v) is 7.10. The van der Waals surface area contributed by atoms with E-state index in [9.17, 15) is 0 Å². The van der Waals surface area contributed by atoms with Crippen molar-refractivity contribution in [2.24, 2.45) is 5.73 Å². The van der Waals surface area contributed by atoms with Crippen molar-refractivity contribution < 1.29 is 4.74 Å². The van der Waals surface area contributed by atoms with Crippen LogP contribution in [0.15, 0.2) is 39.5 Å². The van der Waals surface area contributed by atoms with Crippen molar-refractivity contribution in [1.82, 2.24) is 0 Å². The Morgan fingerprint density at radius 3 is 2.82 bits per heavy atom. The lowest BCUT2D eigenvalue weighted by molar-refractivity contribution is 0.340. The van der Waals surface area contributed by atoms with E-state index in [-0.39, 0.29) is 6.04 Å². The highest BCUT2D eigenvalue weighted by Crippen LogP contribution is 2.29. The molecule has 0 aliphatic heterocycles. The van der Waals surface area contributed by atoms with Crippen LogP contribution in [0, 0.1) is 0 Å². The maximum absolute atomic E-state index is 6.22. The summed E-state index contributed by atoms with van der Waals surface area (Å²) in [5.74, 6) is 0.870. The molecule has 0 amide bonds. The minimum absolute atomic E-state index is 0.0991. The van der Waals surface area contributed by atoms with Crippen molar-refractivity contribution >= 4 is 27.3 Å². The smallest absolute Gasteiger partial charge is 0.119 e. The Morgan fingerprint density at radius 2 is 2.18 bits per heavy atom. The predicted molar refractivity (Wildman–Crippen MR) is 75.7 cm³/mol. The van der Waals surface area contributed by atoms with Crippen LogP contribution in [0.5, 0.6) is 5.75 Å². The van der Waals surface area contributed by atoms with Gasteiger partial charge in [0.15, 0.2) is 0 Å². The number of hydrogen-bond donors (Lipinski definition) is 1. The van der Waals surface area contributed by atoms with Gasteiger partial charge < -0.3 is 10.5 Å². The second-order valence-corrected chi connectivity index (χ2v) is 5.96. The quantitative estimate of drug-likeness (QED) is 0.927. The number of nitrogens with two attached hydrogens (primary N) is 1. The summed E-state index contributed by atoms with van der Waals surface area (Å²) in [7, 11) is 0. The molecular weight excluding hydrogens is 298 g/mol. The molecule has 0 radical (unpaired) electrons. The van der Waals surface area contributed by atoms with Crippen LogP contribution < -0.4 is 10.5 Å². The van der Waals surface area contributed by atoms with Gasteiger partial charge in [-0.1, -0.05) is 12.1 Å². The molecule has 2 N–H and O–H groups in total. The molecular formula is C13H14BrNOS. The summed E-state index contributed by atoms with van der Waals surface area (Å²) >= 11 is 5.10. The summed E-state index contributed by atoms with van der Waals surface area (Å²) in [5, 5.41) is 2.07. The molecule has 0 saturated heterocycles. The third-order valence-corrected chi connectivity index (χ3v) is 4.00. The summed E-state index contributed by atoms with van der Waals surface area (Å²) in [6.07, 6.45) is 0. The molecule has 90 valence electrons. The van der Waals surface area contributed by atoms with E-state index in [2.05, 4.69) is 27.4 Å². The van der Waals surface area contributed by atoms with Gasteiger partial charge in [0.2, 0.25) is 0 Å². The summed E-state index contributed by atoms with van der Waals surface area (Å²) in [5.41, 5.74) is 8.42. The van der Waals surface area contributed by atoms with Gasteiger partial charge in [0, 0.05) is 0 Å². The molecule has 1 unspecified atom stereocenters. The first kappa shape index (κ1) is 12.6. The zero-order valence-corrected chi connectivity index (χ0v) is 11.9. The Balaban J connectivity index is 2.24. The second kappa shape index (κ2) is 5.67. The number of ether oxygens (including phenoxy) is 1. The second-order valence-electron chi connectivity index (χ2n) is 3.67. The minimum Gasteiger partial charge on any atom is -0.494 e. The Morgan fingerprint density at radius 1 is 1.35 bits per heavy atom. The molecule has 4 heteroatoms. The van der Waals surface area contributed by atoms with E-state index in [1.807, 2.05) is 31.2 Å². The number of halogens is 1. The normalized spacial score (nSPS) is 12.4. The molecule has 1 aromatic heterocycles. The topological polar surface area (TPSA) is 35.2 Å². The number of thiophene rings is 1. The molecule has 2 aromatic rings. The Hall–Kier alpha value is -0.840. The lowest BCUT2D eigenvalue weighted by Gasteiger charge is -2.12. The van der Waals surface area contributed by atoms with Gasteiger partial charge in [-0.05, 0) is 57.6 Å². The van der Waals surface area contributed by atoms with Crippen LogP contribution in [0.4, 0.5) is 0 Å². The minimum atomic E-state index is -0.0991. The van der Waals surface area contributed by atoms with Crippen LogP contribution in [0.3, 0.4) is 0 Å². The molecule has 2 rings (SSSR count). The summed E-state index contributed by atoms with van der Waals surface area (Å²) in [4.78, 5) is 0. The van der Waals surface area contributed by atoms with Crippen molar-refractivity contribution in [2.45, 2.75) is 13.0 Å². The fourth-order valence-electron chi connectivity index (χ4n) is 1.64. The van der Waals surface area contributed by atoms with Gasteiger partial charge in [-0.3, -0.25) is 0 Å². The van der Waals surface area contributed by atoms with Crippen molar-refractivity contribution in [3.63, 3.8) is 0 Å². The SMILES string of the molecule is CCOc1cccc(C(N)c2csc(Br)c2)c1. The molecule has 1 atom stereocenters. The highest BCUT2D eigenvalue weighted by atomic mass is 79.9. The third kappa shape index (κ3) is 3.09. The van der Waals surface area contributed by atoms with E-state index in [1.54, 1.807) is 11.3 Å². The molecule has 0 saturated carbocycles. The monoisotopic (exact) mass is 311 g/mol. The maximum atomic E-state index is 6.22. The maximum Gasteiger partial charge on any atom is 0.119 e. The van der Waals surface area contributed by atoms with Gasteiger partial charge in [0.25, 0.3) is 0 Å². The largest absolute Gasteiger partial charge is 0.494 e. The number of benzene rings is 1. The molecule has 1 aromatic carbocycles. The Bertz CT molecular complexity index is 498. The molecule has 0 spiro atoms. The lowest BCUT2D eigenvalue weighted by atomic mass is 10.0. The molecule has 2 nitrogen and oxygen atoms in total. The summed E-state index contributed by atoms with van der Waals surface area (Å²) in [6.45, 7) is 2.64. The van der Waals surface area contributed by atoms with Gasteiger partial charge in [-0.25, -0.2) is 0 Å². The summed E-state index contributed by atoms with van der Waals surface area (Å²) in [6, 6.07) is 9.91. The van der Waals surface area contributed by atoms with Crippen LogP contribution in [0.2, 0.25) is 0 Å². The standard InChI is InChI=1S/C13H14BrNOS/c1-2-16-11-5-3-4-9(6-11)13(15)10-7-12(14)17-8-10/h3-8,13H,2,15H2,1H3. The molecule has 0 bridgehead atoms. The van der Waals surface area contributed by atoms with Crippen LogP contribution in [0.1, 0.15) is 24.1 Å². The zero-order chi connectivity index (χ0) is 12.3. The van der Waals surface area contributed by atoms with Gasteiger partial charge in [-0.2, -0.15) is 0 Å². The van der Waals surface area contributed by atoms with Crippen LogP contribution in [-0.2, 0) is 0 Å². The van der Waals surface area contributed by atoms with Crippen LogP contribution in [-0.4, -0.2) is 6.61 Å². The van der Waals surface area contributed by atoms with Gasteiger partial charge >= 0.3 is 0 Å². The lowest BCUT2D eigenvalue weighted by Crippen LogP contribution is -2.10. The van der Waals surface area contributed by atoms with E-state index in [0.29, 0.717) is 6.61 Å². The molecule has 0 fully saturated rings. The van der Waals surface area contributed by atoms with Crippen LogP contribution >= 0.6 is 27.3 Å². The first-order chi connectivity index (χ1) is 8.20. The van der Waals surface area contributed by atoms with Crippen LogP contribution in [0.25, 0.3) is 0 Å². The molecule has 0 aliphatic carbocycles. The van der Waals surface area contributed by atoms with Gasteiger partial charge in [0.1, 0.15) is 5.75 Å². The first-order valence-electron chi connectivity index (χ1n) is 5.43. The fourth-order valence-corrected chi connectivity index (χ4v) is 2.86. The van der Waals surface area contributed by atoms with E-state index in [0.717, 1.165) is 20.7 Å². The van der Waals surface area contributed by atoms with E-state index >= 15 is 0 Å². The third-order valence-electron chi connectivity index (χ3n) is 2.48. The van der Waals surface area contributed by atoms with E-state index in [4.69, 9.17) is 10.5 Å². The van der Waals surface area contributed by atoms with Gasteiger partial charge in [0.05, 0.1) is 16.4 Å². The molecule has 1 heterocycles. The van der Waals surface area contributed by atoms with Crippen molar-refractivity contribution in [2.75, 3.05) is 6.61 Å². The van der Waals surface area contributed by atoms with E-state index in [1.165, 1.54) is 0 Å². The Labute approximate surface area is 114 Å². The zero-order valence-electron chi connectivity index (χ0n) is 9.52. The predicted octanol–water partition coefficient (Wildman–Crippen LogP) is 3.96. The molecule has 17 heavy (non-hydrogen) atoms. The van der Waals surface area contributed by atoms with E-state index < -0.39 is 0 Å². The molecule has 0 aliphatic rings. The van der Waals surface area contributed by atoms with Crippen molar-refractivity contribution in [3.05, 3.63) is 50.6 Å². The number of hydrogen-bond acceptors (Lipinski definition) is 3. The van der Waals surface area contributed by atoms with Gasteiger partial charge in [-0.15, -0.1) is 11.3 Å². The highest BCUT2D eigenvalue weighted by Gasteiger charge is 2.11. The number of rotatable bonds is 4. The fraction of sp³-hybridized carbons (Fsp3) is 0.231.